The van der Waals surface area contributed by atoms with E-state index in [9.17, 15) is 14.9 Å². The van der Waals surface area contributed by atoms with Crippen LogP contribution in [0.25, 0.3) is 0 Å². The predicted molar refractivity (Wildman–Crippen MR) is 84.3 cm³/mol. The van der Waals surface area contributed by atoms with E-state index in [-0.39, 0.29) is 22.7 Å². The highest BCUT2D eigenvalue weighted by atomic mass is 16.6. The Kier molecular flexibility index (Phi) is 7.82. The Morgan fingerprint density at radius 2 is 2.00 bits per heavy atom. The Hall–Kier alpha value is -2.35. The molecule has 0 bridgehead atoms. The number of ether oxygens (including phenoxy) is 3. The fourth-order valence-corrected chi connectivity index (χ4v) is 1.93. The molecule has 1 aromatic carbocycles. The van der Waals surface area contributed by atoms with Crippen LogP contribution in [0.5, 0.6) is 11.5 Å². The Labute approximate surface area is 134 Å². The zero-order valence-corrected chi connectivity index (χ0v) is 13.6. The van der Waals surface area contributed by atoms with E-state index in [4.69, 9.17) is 14.2 Å². The minimum Gasteiger partial charge on any atom is -0.493 e. The third-order valence-corrected chi connectivity index (χ3v) is 2.98. The molecule has 1 aromatic rings. The summed E-state index contributed by atoms with van der Waals surface area (Å²) in [5.74, 6) is -0.0268. The number of nitro benzene ring substituents is 1. The van der Waals surface area contributed by atoms with E-state index in [0.717, 1.165) is 0 Å². The van der Waals surface area contributed by atoms with Gasteiger partial charge in [0.2, 0.25) is 0 Å². The SMILES string of the molecule is CCOCCCNC(=O)c1cc(OC)c(OCC)cc1[N+](=O)[O-]. The number of nitrogens with zero attached hydrogens (tertiary/aromatic N) is 1. The van der Waals surface area contributed by atoms with E-state index in [1.54, 1.807) is 6.92 Å². The number of amides is 1. The van der Waals surface area contributed by atoms with E-state index in [2.05, 4.69) is 5.32 Å². The van der Waals surface area contributed by atoms with Gasteiger partial charge in [-0.25, -0.2) is 0 Å². The minimum absolute atomic E-state index is 0.0632. The van der Waals surface area contributed by atoms with Crippen LogP contribution in [0.3, 0.4) is 0 Å². The van der Waals surface area contributed by atoms with Crippen molar-refractivity contribution in [3.05, 3.63) is 27.8 Å². The molecular weight excluding hydrogens is 304 g/mol. The molecule has 0 fully saturated rings. The maximum atomic E-state index is 12.2. The average molecular weight is 326 g/mol. The Morgan fingerprint density at radius 1 is 1.26 bits per heavy atom. The van der Waals surface area contributed by atoms with Gasteiger partial charge in [-0.15, -0.1) is 0 Å². The third kappa shape index (κ3) is 5.41. The quantitative estimate of drug-likeness (QED) is 0.402. The molecule has 0 atom stereocenters. The number of nitro groups is 1. The van der Waals surface area contributed by atoms with Crippen LogP contribution < -0.4 is 14.8 Å². The Balaban J connectivity index is 2.94. The first-order chi connectivity index (χ1) is 11.0. The molecule has 0 aliphatic heterocycles. The summed E-state index contributed by atoms with van der Waals surface area (Å²) in [5.41, 5.74) is -0.386. The highest BCUT2D eigenvalue weighted by Gasteiger charge is 2.24. The van der Waals surface area contributed by atoms with Crippen molar-refractivity contribution in [1.82, 2.24) is 5.32 Å². The summed E-state index contributed by atoms with van der Waals surface area (Å²) in [7, 11) is 1.41. The van der Waals surface area contributed by atoms with Gasteiger partial charge in [-0.3, -0.25) is 14.9 Å². The lowest BCUT2D eigenvalue weighted by Crippen LogP contribution is -2.26. The molecule has 0 saturated carbocycles. The average Bonchev–Trinajstić information content (AvgIpc) is 2.54. The van der Waals surface area contributed by atoms with E-state index in [1.165, 1.54) is 19.2 Å². The number of rotatable bonds is 10. The van der Waals surface area contributed by atoms with Crippen molar-refractivity contribution in [1.29, 1.82) is 0 Å². The summed E-state index contributed by atoms with van der Waals surface area (Å²) in [6.45, 7) is 5.46. The Bertz CT molecular complexity index is 547. The van der Waals surface area contributed by atoms with Gasteiger partial charge in [-0.2, -0.15) is 0 Å². The smallest absolute Gasteiger partial charge is 0.286 e. The van der Waals surface area contributed by atoms with E-state index in [1.807, 2.05) is 6.92 Å². The molecule has 1 rings (SSSR count). The molecular formula is C15H22N2O6. The third-order valence-electron chi connectivity index (χ3n) is 2.98. The lowest BCUT2D eigenvalue weighted by Gasteiger charge is -2.12. The van der Waals surface area contributed by atoms with Gasteiger partial charge in [-0.1, -0.05) is 0 Å². The van der Waals surface area contributed by atoms with Gasteiger partial charge in [0, 0.05) is 25.8 Å². The summed E-state index contributed by atoms with van der Waals surface area (Å²) >= 11 is 0. The first kappa shape index (κ1) is 18.7. The van der Waals surface area contributed by atoms with Crippen molar-refractivity contribution in [2.24, 2.45) is 0 Å². The highest BCUT2D eigenvalue weighted by Crippen LogP contribution is 2.34. The number of methoxy groups -OCH3 is 1. The van der Waals surface area contributed by atoms with Crippen molar-refractivity contribution in [3.8, 4) is 11.5 Å². The van der Waals surface area contributed by atoms with Crippen LogP contribution in [0.15, 0.2) is 12.1 Å². The molecule has 0 aliphatic rings. The fraction of sp³-hybridized carbons (Fsp3) is 0.533. The van der Waals surface area contributed by atoms with Gasteiger partial charge in [0.1, 0.15) is 5.56 Å². The number of hydrogen-bond donors (Lipinski definition) is 1. The molecule has 0 saturated heterocycles. The van der Waals surface area contributed by atoms with E-state index < -0.39 is 10.8 Å². The molecule has 0 spiro atoms. The second kappa shape index (κ2) is 9.62. The van der Waals surface area contributed by atoms with Crippen LogP contribution in [0.2, 0.25) is 0 Å². The molecule has 1 N–H and O–H groups in total. The number of nitrogens with one attached hydrogen (secondary N) is 1. The molecule has 0 unspecified atom stereocenters. The van der Waals surface area contributed by atoms with E-state index in [0.29, 0.717) is 32.8 Å². The summed E-state index contributed by atoms with van der Waals surface area (Å²) in [5, 5.41) is 13.8. The second-order valence-corrected chi connectivity index (χ2v) is 4.52. The number of hydrogen-bond acceptors (Lipinski definition) is 6. The molecule has 23 heavy (non-hydrogen) atoms. The first-order valence-corrected chi connectivity index (χ1v) is 7.40. The van der Waals surface area contributed by atoms with Crippen LogP contribution in [0, 0.1) is 10.1 Å². The van der Waals surface area contributed by atoms with Crippen LogP contribution in [-0.4, -0.2) is 44.3 Å². The summed E-state index contributed by atoms with van der Waals surface area (Å²) < 4.78 is 15.6. The molecule has 8 nitrogen and oxygen atoms in total. The van der Waals surface area contributed by atoms with Crippen molar-refractivity contribution in [3.63, 3.8) is 0 Å². The van der Waals surface area contributed by atoms with Crippen LogP contribution >= 0.6 is 0 Å². The van der Waals surface area contributed by atoms with Crippen molar-refractivity contribution in [2.45, 2.75) is 20.3 Å². The number of carbonyl (C=O) groups is 1. The zero-order chi connectivity index (χ0) is 17.2. The molecule has 0 aromatic heterocycles. The zero-order valence-electron chi connectivity index (χ0n) is 13.6. The Morgan fingerprint density at radius 3 is 2.57 bits per heavy atom. The second-order valence-electron chi connectivity index (χ2n) is 4.52. The molecule has 0 heterocycles. The largest absolute Gasteiger partial charge is 0.493 e. The summed E-state index contributed by atoms with van der Waals surface area (Å²) in [6, 6.07) is 2.53. The van der Waals surface area contributed by atoms with Gasteiger partial charge in [-0.05, 0) is 20.3 Å². The van der Waals surface area contributed by atoms with Crippen LogP contribution in [-0.2, 0) is 4.74 Å². The monoisotopic (exact) mass is 326 g/mol. The highest BCUT2D eigenvalue weighted by molar-refractivity contribution is 5.99. The normalized spacial score (nSPS) is 10.2. The standard InChI is InChI=1S/C15H22N2O6/c1-4-22-8-6-7-16-15(18)11-9-13(21-3)14(23-5-2)10-12(11)17(19)20/h9-10H,4-8H2,1-3H3,(H,16,18). The number of benzene rings is 1. The van der Waals surface area contributed by atoms with Crippen LogP contribution in [0.1, 0.15) is 30.6 Å². The number of carbonyl (C=O) groups excluding carboxylic acids is 1. The van der Waals surface area contributed by atoms with Crippen LogP contribution in [0.4, 0.5) is 5.69 Å². The lowest BCUT2D eigenvalue weighted by atomic mass is 10.1. The van der Waals surface area contributed by atoms with Crippen molar-refractivity contribution < 1.29 is 23.9 Å². The van der Waals surface area contributed by atoms with Gasteiger partial charge < -0.3 is 19.5 Å². The van der Waals surface area contributed by atoms with Gasteiger partial charge in [0.05, 0.1) is 24.7 Å². The van der Waals surface area contributed by atoms with Gasteiger partial charge in [0.15, 0.2) is 11.5 Å². The van der Waals surface area contributed by atoms with Crippen molar-refractivity contribution in [2.75, 3.05) is 33.5 Å². The van der Waals surface area contributed by atoms with Crippen molar-refractivity contribution >= 4 is 11.6 Å². The maximum absolute atomic E-state index is 12.2. The predicted octanol–water partition coefficient (Wildman–Crippen LogP) is 2.16. The van der Waals surface area contributed by atoms with Gasteiger partial charge in [0.25, 0.3) is 11.6 Å². The summed E-state index contributed by atoms with van der Waals surface area (Å²) in [6.07, 6.45) is 0.627. The maximum Gasteiger partial charge on any atom is 0.286 e. The molecule has 0 aliphatic carbocycles. The van der Waals surface area contributed by atoms with E-state index >= 15 is 0 Å². The minimum atomic E-state index is -0.614. The topological polar surface area (TPSA) is 99.9 Å². The lowest BCUT2D eigenvalue weighted by molar-refractivity contribution is -0.385. The first-order valence-electron chi connectivity index (χ1n) is 7.40. The molecule has 128 valence electrons. The summed E-state index contributed by atoms with van der Waals surface area (Å²) in [4.78, 5) is 22.8. The fourth-order valence-electron chi connectivity index (χ4n) is 1.93. The van der Waals surface area contributed by atoms with Gasteiger partial charge >= 0.3 is 0 Å². The molecule has 8 heteroatoms. The molecule has 1 amide bonds. The molecule has 0 radical (unpaired) electrons.